The highest BCUT2D eigenvalue weighted by molar-refractivity contribution is 6.31. The molecule has 1 atom stereocenters. The van der Waals surface area contributed by atoms with Gasteiger partial charge in [0.1, 0.15) is 17.6 Å². The summed E-state index contributed by atoms with van der Waals surface area (Å²) in [6.45, 7) is 1.80. The molecule has 0 spiro atoms. The second kappa shape index (κ2) is 12.3. The molecule has 1 aliphatic heterocycles. The van der Waals surface area contributed by atoms with Crippen LogP contribution >= 0.6 is 11.6 Å². The first-order valence-electron chi connectivity index (χ1n) is 13.4. The fourth-order valence-electron chi connectivity index (χ4n) is 5.23. The zero-order valence-corrected chi connectivity index (χ0v) is 23.9. The van der Waals surface area contributed by atoms with Crippen LogP contribution in [0.15, 0.2) is 48.7 Å². The first-order valence-corrected chi connectivity index (χ1v) is 13.8. The van der Waals surface area contributed by atoms with Crippen LogP contribution in [0.3, 0.4) is 0 Å². The number of H-pyrrole nitrogens is 1. The number of hydrogen-bond acceptors (Lipinski definition) is 5. The summed E-state index contributed by atoms with van der Waals surface area (Å²) in [5, 5.41) is 18.5. The summed E-state index contributed by atoms with van der Waals surface area (Å²) >= 11 is 5.87. The van der Waals surface area contributed by atoms with Crippen LogP contribution in [0.5, 0.6) is 0 Å². The Bertz CT molecular complexity index is 1710. The van der Waals surface area contributed by atoms with Crippen LogP contribution in [-0.2, 0) is 9.53 Å². The average Bonchev–Trinajstić information content (AvgIpc) is 3.35. The predicted octanol–water partition coefficient (Wildman–Crippen LogP) is 7.24. The number of anilines is 2. The van der Waals surface area contributed by atoms with Crippen LogP contribution in [0.25, 0.3) is 22.4 Å². The fourth-order valence-corrected chi connectivity index (χ4v) is 5.39. The quantitative estimate of drug-likeness (QED) is 0.165. The molecule has 2 amide bonds. The highest BCUT2D eigenvalue weighted by Crippen LogP contribution is 2.38. The number of aromatic amines is 1. The maximum Gasteiger partial charge on any atom is 0.411 e. The molecular weight excluding hydrogens is 587 g/mol. The molecule has 0 saturated heterocycles. The molecular formula is C30H27ClF3N5O4. The van der Waals surface area contributed by atoms with E-state index in [1.807, 2.05) is 0 Å². The molecule has 2 bridgehead atoms. The number of methoxy groups -OCH3 is 1. The van der Waals surface area contributed by atoms with Gasteiger partial charge in [-0.2, -0.15) is 4.73 Å². The van der Waals surface area contributed by atoms with Gasteiger partial charge < -0.3 is 20.2 Å². The van der Waals surface area contributed by atoms with Gasteiger partial charge in [0.05, 0.1) is 29.1 Å². The van der Waals surface area contributed by atoms with Gasteiger partial charge in [-0.3, -0.25) is 10.1 Å². The van der Waals surface area contributed by atoms with E-state index in [1.165, 1.54) is 19.2 Å². The Hall–Kier alpha value is -4.58. The summed E-state index contributed by atoms with van der Waals surface area (Å²) in [6.07, 6.45) is -0.868. The zero-order valence-electron chi connectivity index (χ0n) is 23.1. The lowest BCUT2D eigenvalue weighted by molar-refractivity contribution is -0.614. The van der Waals surface area contributed by atoms with Gasteiger partial charge in [-0.05, 0) is 50.1 Å². The van der Waals surface area contributed by atoms with Crippen LogP contribution < -0.4 is 15.4 Å². The minimum Gasteiger partial charge on any atom is -0.618 e. The number of imidazole rings is 1. The molecule has 224 valence electrons. The number of carbonyl (C=O) groups excluding carboxylic acids is 2. The van der Waals surface area contributed by atoms with Gasteiger partial charge in [0.2, 0.25) is 11.6 Å². The van der Waals surface area contributed by atoms with E-state index in [-0.39, 0.29) is 28.6 Å². The smallest absolute Gasteiger partial charge is 0.411 e. The van der Waals surface area contributed by atoms with Crippen molar-refractivity contribution in [2.75, 3.05) is 17.7 Å². The number of carbonyl (C=O) groups is 2. The third-order valence-corrected chi connectivity index (χ3v) is 7.60. The first-order chi connectivity index (χ1) is 20.6. The zero-order chi connectivity index (χ0) is 30.8. The van der Waals surface area contributed by atoms with E-state index in [4.69, 9.17) is 16.6 Å². The van der Waals surface area contributed by atoms with Crippen LogP contribution in [0.2, 0.25) is 5.02 Å². The molecule has 0 aliphatic carbocycles. The lowest BCUT2D eigenvalue weighted by Crippen LogP contribution is -2.34. The van der Waals surface area contributed by atoms with Crippen LogP contribution in [0, 0.1) is 17.9 Å². The Kier molecular flexibility index (Phi) is 8.58. The van der Waals surface area contributed by atoms with Crippen molar-refractivity contribution in [2.24, 2.45) is 0 Å². The maximum atomic E-state index is 14.9. The van der Waals surface area contributed by atoms with Crippen molar-refractivity contribution in [1.29, 1.82) is 0 Å². The largest absolute Gasteiger partial charge is 0.618 e. The van der Waals surface area contributed by atoms with E-state index < -0.39 is 35.4 Å². The molecule has 2 aromatic carbocycles. The number of fused-ring (bicyclic) bond motifs is 4. The SMILES string of the molecule is COC(=O)Nc1ccc2c(c1)NC(=O)CCCC[C@H](c1ccc(-c3c(C(F)F)ccc(Cl)c3F)c[n+]1[O-])c1nc-2c(C)[nH]1. The van der Waals surface area contributed by atoms with Crippen molar-refractivity contribution in [1.82, 2.24) is 9.97 Å². The van der Waals surface area contributed by atoms with Gasteiger partial charge in [-0.1, -0.05) is 24.1 Å². The van der Waals surface area contributed by atoms with Crippen LogP contribution in [0.1, 0.15) is 60.8 Å². The Labute approximate surface area is 249 Å². The van der Waals surface area contributed by atoms with E-state index in [0.29, 0.717) is 58.1 Å². The second-order valence-corrected chi connectivity index (χ2v) is 10.5. The third kappa shape index (κ3) is 6.14. The summed E-state index contributed by atoms with van der Waals surface area (Å²) in [7, 11) is 1.24. The highest BCUT2D eigenvalue weighted by Gasteiger charge is 2.29. The van der Waals surface area contributed by atoms with Crippen molar-refractivity contribution < 1.29 is 32.2 Å². The number of halogens is 4. The average molecular weight is 614 g/mol. The van der Waals surface area contributed by atoms with E-state index >= 15 is 0 Å². The van der Waals surface area contributed by atoms with Crippen molar-refractivity contribution >= 4 is 35.0 Å². The van der Waals surface area contributed by atoms with Crippen LogP contribution in [0.4, 0.5) is 29.3 Å². The molecule has 1 aliphatic rings. The molecule has 4 aromatic rings. The number of benzene rings is 2. The molecule has 0 saturated carbocycles. The van der Waals surface area contributed by atoms with Gasteiger partial charge in [-0.25, -0.2) is 22.9 Å². The monoisotopic (exact) mass is 613 g/mol. The summed E-state index contributed by atoms with van der Waals surface area (Å²) in [6, 6.07) is 9.93. The number of pyridine rings is 1. The molecule has 2 aromatic heterocycles. The lowest BCUT2D eigenvalue weighted by Gasteiger charge is -2.17. The Morgan fingerprint density at radius 3 is 2.72 bits per heavy atom. The Balaban J connectivity index is 1.58. The summed E-state index contributed by atoms with van der Waals surface area (Å²) < 4.78 is 47.5. The number of alkyl halides is 2. The maximum absolute atomic E-state index is 14.9. The van der Waals surface area contributed by atoms with Crippen molar-refractivity contribution in [3.63, 3.8) is 0 Å². The number of amides is 2. The Morgan fingerprint density at radius 1 is 1.21 bits per heavy atom. The number of nitrogens with zero attached hydrogens (tertiary/aromatic N) is 2. The lowest BCUT2D eigenvalue weighted by atomic mass is 9.94. The minimum atomic E-state index is -2.98. The molecule has 13 heteroatoms. The first kappa shape index (κ1) is 29.9. The van der Waals surface area contributed by atoms with Crippen molar-refractivity contribution in [3.05, 3.63) is 87.5 Å². The standard InChI is InChI=1S/C30H27ClF3N5O4/c1-15-27-18-9-8-17(36-30(41)43-2)13-22(18)37-24(40)6-4-3-5-19(29(35-15)38-27)23-12-7-16(14-39(23)42)25-20(28(33)34)10-11-21(31)26(25)32/h7-14,19,28H,3-6H2,1-2H3,(H,35,38)(H,36,41)(H,37,40)/t19-/m1/s1. The summed E-state index contributed by atoms with van der Waals surface area (Å²) in [5.41, 5.74) is 1.83. The molecule has 43 heavy (non-hydrogen) atoms. The van der Waals surface area contributed by atoms with E-state index in [2.05, 4.69) is 20.4 Å². The molecule has 0 fully saturated rings. The third-order valence-electron chi connectivity index (χ3n) is 7.31. The second-order valence-electron chi connectivity index (χ2n) is 10.1. The Morgan fingerprint density at radius 2 is 2.00 bits per heavy atom. The fraction of sp³-hybridized carbons (Fsp3) is 0.267. The number of ether oxygens (including phenoxy) is 1. The molecule has 9 nitrogen and oxygen atoms in total. The van der Waals surface area contributed by atoms with Crippen molar-refractivity contribution in [3.8, 4) is 22.4 Å². The highest BCUT2D eigenvalue weighted by atomic mass is 35.5. The normalized spacial score (nSPS) is 15.2. The van der Waals surface area contributed by atoms with Gasteiger partial charge in [0.15, 0.2) is 6.20 Å². The molecule has 0 radical (unpaired) electrons. The van der Waals surface area contributed by atoms with Gasteiger partial charge in [-0.15, -0.1) is 0 Å². The summed E-state index contributed by atoms with van der Waals surface area (Å²) in [4.78, 5) is 32.6. The van der Waals surface area contributed by atoms with Gasteiger partial charge in [0.25, 0.3) is 6.43 Å². The van der Waals surface area contributed by atoms with Crippen molar-refractivity contribution in [2.45, 2.75) is 45.0 Å². The minimum absolute atomic E-state index is 0.0412. The van der Waals surface area contributed by atoms with Gasteiger partial charge in [0, 0.05) is 40.6 Å². The van der Waals surface area contributed by atoms with E-state index in [0.717, 1.165) is 18.3 Å². The topological polar surface area (TPSA) is 123 Å². The number of nitrogens with one attached hydrogen (secondary N) is 3. The predicted molar refractivity (Wildman–Crippen MR) is 154 cm³/mol. The van der Waals surface area contributed by atoms with Crippen LogP contribution in [-0.4, -0.2) is 29.1 Å². The molecule has 3 heterocycles. The number of aromatic nitrogens is 3. The number of hydrogen-bond donors (Lipinski definition) is 3. The van der Waals surface area contributed by atoms with E-state index in [1.54, 1.807) is 25.1 Å². The molecule has 0 unspecified atom stereocenters. The summed E-state index contributed by atoms with van der Waals surface area (Å²) in [5.74, 6) is -1.33. The number of rotatable bonds is 4. The molecule has 5 rings (SSSR count). The number of aryl methyl sites for hydroxylation is 1. The van der Waals surface area contributed by atoms with E-state index in [9.17, 15) is 28.0 Å². The van der Waals surface area contributed by atoms with Gasteiger partial charge >= 0.3 is 6.09 Å². The molecule has 3 N–H and O–H groups in total.